The standard InChI is InChI=1S/C24H30N2O5/c1-16-22(17(2)31-26-16)15-29-21-11-7-10-20(14-21)24(28)30-18(3)23(27)25-13-12-19-8-5-4-6-9-19/h7-8,10-11,14,18H,4-6,9,12-13,15H2,1-3H3,(H,25,27)/t18-/m1/s1. The molecule has 0 unspecified atom stereocenters. The predicted octanol–water partition coefficient (Wildman–Crippen LogP) is 4.42. The second-order valence-electron chi connectivity index (χ2n) is 7.82. The van der Waals surface area contributed by atoms with Gasteiger partial charge in [-0.3, -0.25) is 4.79 Å². The number of hydrogen-bond donors (Lipinski definition) is 1. The van der Waals surface area contributed by atoms with Crippen LogP contribution in [-0.4, -0.2) is 29.7 Å². The largest absolute Gasteiger partial charge is 0.489 e. The smallest absolute Gasteiger partial charge is 0.339 e. The number of carbonyl (C=O) groups is 2. The van der Waals surface area contributed by atoms with Crippen LogP contribution in [-0.2, 0) is 16.1 Å². The lowest BCUT2D eigenvalue weighted by Crippen LogP contribution is -2.36. The Labute approximate surface area is 182 Å². The summed E-state index contributed by atoms with van der Waals surface area (Å²) in [5, 5.41) is 6.75. The summed E-state index contributed by atoms with van der Waals surface area (Å²) in [5.41, 5.74) is 3.36. The van der Waals surface area contributed by atoms with Crippen LogP contribution in [0.3, 0.4) is 0 Å². The molecular weight excluding hydrogens is 396 g/mol. The van der Waals surface area contributed by atoms with Gasteiger partial charge in [0.05, 0.1) is 16.8 Å². The monoisotopic (exact) mass is 426 g/mol. The van der Waals surface area contributed by atoms with Gasteiger partial charge < -0.3 is 19.3 Å². The van der Waals surface area contributed by atoms with E-state index >= 15 is 0 Å². The maximum Gasteiger partial charge on any atom is 0.339 e. The highest BCUT2D eigenvalue weighted by molar-refractivity contribution is 5.92. The minimum atomic E-state index is -0.875. The number of nitrogens with one attached hydrogen (secondary N) is 1. The van der Waals surface area contributed by atoms with E-state index in [1.807, 2.05) is 13.8 Å². The fourth-order valence-electron chi connectivity index (χ4n) is 3.48. The van der Waals surface area contributed by atoms with Gasteiger partial charge in [0.15, 0.2) is 6.10 Å². The molecule has 0 bridgehead atoms. The average molecular weight is 427 g/mol. The highest BCUT2D eigenvalue weighted by atomic mass is 16.5. The highest BCUT2D eigenvalue weighted by Crippen LogP contribution is 2.20. The minimum absolute atomic E-state index is 0.287. The van der Waals surface area contributed by atoms with Crippen molar-refractivity contribution in [1.29, 1.82) is 0 Å². The molecule has 1 N–H and O–H groups in total. The summed E-state index contributed by atoms with van der Waals surface area (Å²) in [7, 11) is 0. The van der Waals surface area contributed by atoms with Crippen LogP contribution >= 0.6 is 0 Å². The van der Waals surface area contributed by atoms with E-state index in [2.05, 4.69) is 16.5 Å². The van der Waals surface area contributed by atoms with Gasteiger partial charge in [0.25, 0.3) is 5.91 Å². The first kappa shape index (κ1) is 22.6. The van der Waals surface area contributed by atoms with Gasteiger partial charge in [-0.25, -0.2) is 4.79 Å². The fraction of sp³-hybridized carbons (Fsp3) is 0.458. The van der Waals surface area contributed by atoms with Crippen molar-refractivity contribution in [2.75, 3.05) is 6.54 Å². The Balaban J connectivity index is 1.48. The van der Waals surface area contributed by atoms with Gasteiger partial charge in [-0.2, -0.15) is 0 Å². The SMILES string of the molecule is Cc1noc(C)c1COc1cccc(C(=O)O[C@H](C)C(=O)NCCC2=CCCCC2)c1. The lowest BCUT2D eigenvalue weighted by Gasteiger charge is -2.16. The van der Waals surface area contributed by atoms with Crippen LogP contribution in [0.15, 0.2) is 40.4 Å². The summed E-state index contributed by atoms with van der Waals surface area (Å²) >= 11 is 0. The van der Waals surface area contributed by atoms with Gasteiger partial charge in [-0.1, -0.05) is 22.9 Å². The van der Waals surface area contributed by atoms with Crippen LogP contribution in [0.4, 0.5) is 0 Å². The van der Waals surface area contributed by atoms with E-state index in [1.54, 1.807) is 31.2 Å². The summed E-state index contributed by atoms with van der Waals surface area (Å²) in [6.07, 6.45) is 6.92. The Morgan fingerprint density at radius 3 is 2.81 bits per heavy atom. The van der Waals surface area contributed by atoms with Gasteiger partial charge in [0, 0.05) is 6.54 Å². The van der Waals surface area contributed by atoms with E-state index in [0.717, 1.165) is 30.5 Å². The third-order valence-electron chi connectivity index (χ3n) is 5.42. The number of nitrogens with zero attached hydrogens (tertiary/aromatic N) is 1. The molecule has 1 amide bonds. The van der Waals surface area contributed by atoms with E-state index in [-0.39, 0.29) is 12.5 Å². The molecule has 1 heterocycles. The number of rotatable bonds is 9. The van der Waals surface area contributed by atoms with Crippen LogP contribution < -0.4 is 10.1 Å². The summed E-state index contributed by atoms with van der Waals surface area (Å²) < 4.78 is 16.2. The third-order valence-corrected chi connectivity index (χ3v) is 5.42. The maximum atomic E-state index is 12.5. The van der Waals surface area contributed by atoms with Crippen LogP contribution in [0.5, 0.6) is 5.75 Å². The van der Waals surface area contributed by atoms with Gasteiger partial charge in [0.2, 0.25) is 0 Å². The molecule has 166 valence electrons. The minimum Gasteiger partial charge on any atom is -0.489 e. The molecule has 7 heteroatoms. The number of allylic oxidation sites excluding steroid dienone is 1. The summed E-state index contributed by atoms with van der Waals surface area (Å²) in [6, 6.07) is 6.69. The van der Waals surface area contributed by atoms with Gasteiger partial charge in [-0.15, -0.1) is 0 Å². The molecule has 31 heavy (non-hydrogen) atoms. The van der Waals surface area contributed by atoms with Gasteiger partial charge in [-0.05, 0) is 71.1 Å². The third kappa shape index (κ3) is 6.44. The predicted molar refractivity (Wildman–Crippen MR) is 116 cm³/mol. The molecule has 1 atom stereocenters. The summed E-state index contributed by atoms with van der Waals surface area (Å²) in [5.74, 6) is 0.357. The first-order valence-electron chi connectivity index (χ1n) is 10.7. The number of amides is 1. The molecule has 0 saturated carbocycles. The molecule has 1 aliphatic carbocycles. The molecule has 1 aliphatic rings. The number of carbonyl (C=O) groups excluding carboxylic acids is 2. The Morgan fingerprint density at radius 2 is 2.10 bits per heavy atom. The van der Waals surface area contributed by atoms with Crippen molar-refractivity contribution in [2.45, 2.75) is 65.6 Å². The van der Waals surface area contributed by atoms with E-state index in [4.69, 9.17) is 14.0 Å². The Kier molecular flexibility index (Phi) is 7.87. The fourth-order valence-corrected chi connectivity index (χ4v) is 3.48. The Bertz CT molecular complexity index is 928. The molecule has 0 saturated heterocycles. The zero-order chi connectivity index (χ0) is 22.2. The van der Waals surface area contributed by atoms with Gasteiger partial charge >= 0.3 is 5.97 Å². The van der Waals surface area contributed by atoms with Crippen LogP contribution in [0.25, 0.3) is 0 Å². The lowest BCUT2D eigenvalue weighted by molar-refractivity contribution is -0.129. The first-order chi connectivity index (χ1) is 14.9. The van der Waals surface area contributed by atoms with E-state index in [0.29, 0.717) is 23.6 Å². The van der Waals surface area contributed by atoms with E-state index in [9.17, 15) is 9.59 Å². The van der Waals surface area contributed by atoms with Gasteiger partial charge in [0.1, 0.15) is 18.1 Å². The zero-order valence-corrected chi connectivity index (χ0v) is 18.4. The first-order valence-corrected chi connectivity index (χ1v) is 10.7. The molecule has 7 nitrogen and oxygen atoms in total. The van der Waals surface area contributed by atoms with E-state index in [1.165, 1.54) is 18.4 Å². The topological polar surface area (TPSA) is 90.7 Å². The number of aromatic nitrogens is 1. The molecule has 3 rings (SSSR count). The number of esters is 1. The van der Waals surface area contributed by atoms with E-state index < -0.39 is 12.1 Å². The van der Waals surface area contributed by atoms with Crippen LogP contribution in [0, 0.1) is 13.8 Å². The Hall–Kier alpha value is -3.09. The second kappa shape index (κ2) is 10.8. The molecule has 1 aromatic carbocycles. The normalized spacial score (nSPS) is 14.5. The lowest BCUT2D eigenvalue weighted by atomic mass is 9.97. The molecule has 2 aromatic rings. The van der Waals surface area contributed by atoms with Crippen molar-refractivity contribution in [1.82, 2.24) is 10.5 Å². The quantitative estimate of drug-likeness (QED) is 0.471. The molecule has 0 aliphatic heterocycles. The number of aryl methyl sites for hydroxylation is 2. The van der Waals surface area contributed by atoms with Crippen LogP contribution in [0.2, 0.25) is 0 Å². The number of ether oxygens (including phenoxy) is 2. The number of hydrogen-bond acceptors (Lipinski definition) is 6. The molecule has 0 spiro atoms. The van der Waals surface area contributed by atoms with Crippen molar-refractivity contribution in [2.24, 2.45) is 0 Å². The highest BCUT2D eigenvalue weighted by Gasteiger charge is 2.19. The summed E-state index contributed by atoms with van der Waals surface area (Å²) in [6.45, 7) is 6.09. The molecule has 1 aromatic heterocycles. The molecular formula is C24H30N2O5. The summed E-state index contributed by atoms with van der Waals surface area (Å²) in [4.78, 5) is 24.8. The maximum absolute atomic E-state index is 12.5. The average Bonchev–Trinajstić information content (AvgIpc) is 3.10. The van der Waals surface area contributed by atoms with Crippen molar-refractivity contribution in [3.05, 3.63) is 58.5 Å². The van der Waals surface area contributed by atoms with Crippen molar-refractivity contribution in [3.8, 4) is 5.75 Å². The molecule has 0 radical (unpaired) electrons. The molecule has 0 fully saturated rings. The zero-order valence-electron chi connectivity index (χ0n) is 18.4. The van der Waals surface area contributed by atoms with Crippen molar-refractivity contribution in [3.63, 3.8) is 0 Å². The van der Waals surface area contributed by atoms with Crippen LogP contribution in [0.1, 0.15) is 66.4 Å². The number of benzene rings is 1. The van der Waals surface area contributed by atoms with Crippen molar-refractivity contribution < 1.29 is 23.6 Å². The van der Waals surface area contributed by atoms with Crippen molar-refractivity contribution >= 4 is 11.9 Å². The second-order valence-corrected chi connectivity index (χ2v) is 7.82. The Morgan fingerprint density at radius 1 is 1.26 bits per heavy atom.